The number of amides is 1. The van der Waals surface area contributed by atoms with E-state index in [0.29, 0.717) is 21.4 Å². The number of nitrogens with one attached hydrogen (secondary N) is 1. The fourth-order valence-electron chi connectivity index (χ4n) is 2.55. The SMILES string of the molecule is Nc1cc(Cl)c(NC(=O)CN2CCCCC2CO)c(Cl)c1. The highest BCUT2D eigenvalue weighted by Crippen LogP contribution is 2.32. The quantitative estimate of drug-likeness (QED) is 0.740. The van der Waals surface area contributed by atoms with Gasteiger partial charge in [0, 0.05) is 11.7 Å². The molecule has 1 heterocycles. The third-order valence-corrected chi connectivity index (χ3v) is 4.23. The number of aliphatic hydroxyl groups is 1. The molecule has 116 valence electrons. The summed E-state index contributed by atoms with van der Waals surface area (Å²) in [5.74, 6) is -0.205. The average Bonchev–Trinajstić information content (AvgIpc) is 2.43. The summed E-state index contributed by atoms with van der Waals surface area (Å²) in [4.78, 5) is 14.1. The number of likely N-dealkylation sites (tertiary alicyclic amines) is 1. The van der Waals surface area contributed by atoms with Crippen LogP contribution in [0.2, 0.25) is 10.0 Å². The van der Waals surface area contributed by atoms with E-state index in [-0.39, 0.29) is 25.1 Å². The number of hydrogen-bond donors (Lipinski definition) is 3. The van der Waals surface area contributed by atoms with Crippen molar-refractivity contribution in [3.63, 3.8) is 0 Å². The van der Waals surface area contributed by atoms with Gasteiger partial charge in [-0.1, -0.05) is 29.6 Å². The molecule has 5 nitrogen and oxygen atoms in total. The normalized spacial score (nSPS) is 19.5. The zero-order valence-electron chi connectivity index (χ0n) is 11.6. The number of nitrogen functional groups attached to an aromatic ring is 1. The molecule has 1 unspecified atom stereocenters. The number of carbonyl (C=O) groups is 1. The van der Waals surface area contributed by atoms with Gasteiger partial charge in [0.15, 0.2) is 0 Å². The highest BCUT2D eigenvalue weighted by atomic mass is 35.5. The number of hydrogen-bond acceptors (Lipinski definition) is 4. The number of aliphatic hydroxyl groups excluding tert-OH is 1. The van der Waals surface area contributed by atoms with Crippen LogP contribution in [0.1, 0.15) is 19.3 Å². The van der Waals surface area contributed by atoms with Crippen LogP contribution in [0, 0.1) is 0 Å². The molecule has 0 saturated carbocycles. The zero-order chi connectivity index (χ0) is 15.4. The van der Waals surface area contributed by atoms with E-state index in [9.17, 15) is 9.90 Å². The summed E-state index contributed by atoms with van der Waals surface area (Å²) in [5, 5.41) is 12.7. The van der Waals surface area contributed by atoms with Crippen LogP contribution >= 0.6 is 23.2 Å². The molecule has 1 aliphatic heterocycles. The first-order valence-electron chi connectivity index (χ1n) is 6.90. The fraction of sp³-hybridized carbons (Fsp3) is 0.500. The summed E-state index contributed by atoms with van der Waals surface area (Å²) in [6, 6.07) is 3.13. The largest absolute Gasteiger partial charge is 0.399 e. The standard InChI is InChI=1S/C14H19Cl2N3O2/c15-11-5-9(17)6-12(16)14(11)18-13(21)7-19-4-2-1-3-10(19)8-20/h5-6,10,20H,1-4,7-8,17H2,(H,18,21). The first-order chi connectivity index (χ1) is 10.0. The van der Waals surface area contributed by atoms with Gasteiger partial charge in [-0.2, -0.15) is 0 Å². The molecule has 1 amide bonds. The van der Waals surface area contributed by atoms with Gasteiger partial charge in [0.05, 0.1) is 28.9 Å². The van der Waals surface area contributed by atoms with Crippen LogP contribution < -0.4 is 11.1 Å². The summed E-state index contributed by atoms with van der Waals surface area (Å²) in [5.41, 5.74) is 6.44. The number of halogens is 2. The van der Waals surface area contributed by atoms with Gasteiger partial charge < -0.3 is 16.2 Å². The molecule has 1 aromatic rings. The van der Waals surface area contributed by atoms with Crippen LogP contribution in [-0.2, 0) is 4.79 Å². The van der Waals surface area contributed by atoms with Crippen LogP contribution in [0.3, 0.4) is 0 Å². The number of carbonyl (C=O) groups excluding carboxylic acids is 1. The smallest absolute Gasteiger partial charge is 0.238 e. The minimum absolute atomic E-state index is 0.0434. The van der Waals surface area contributed by atoms with Crippen molar-refractivity contribution in [3.05, 3.63) is 22.2 Å². The summed E-state index contributed by atoms with van der Waals surface area (Å²) >= 11 is 12.1. The van der Waals surface area contributed by atoms with Crippen molar-refractivity contribution in [1.82, 2.24) is 4.90 Å². The van der Waals surface area contributed by atoms with E-state index < -0.39 is 0 Å². The Morgan fingerprint density at radius 1 is 1.38 bits per heavy atom. The zero-order valence-corrected chi connectivity index (χ0v) is 13.1. The van der Waals surface area contributed by atoms with Gasteiger partial charge >= 0.3 is 0 Å². The molecule has 1 aliphatic rings. The first-order valence-corrected chi connectivity index (χ1v) is 7.66. The molecule has 1 aromatic carbocycles. The molecular weight excluding hydrogens is 313 g/mol. The van der Waals surface area contributed by atoms with Gasteiger partial charge in [-0.05, 0) is 31.5 Å². The molecule has 7 heteroatoms. The second kappa shape index (κ2) is 7.31. The van der Waals surface area contributed by atoms with Crippen molar-refractivity contribution in [2.45, 2.75) is 25.3 Å². The Kier molecular flexibility index (Phi) is 5.70. The minimum atomic E-state index is -0.205. The number of anilines is 2. The number of benzene rings is 1. The third kappa shape index (κ3) is 4.23. The monoisotopic (exact) mass is 331 g/mol. The molecule has 1 saturated heterocycles. The van der Waals surface area contributed by atoms with Crippen LogP contribution in [-0.4, -0.2) is 41.7 Å². The van der Waals surface area contributed by atoms with E-state index in [1.54, 1.807) is 12.1 Å². The Hall–Kier alpha value is -1.01. The molecule has 4 N–H and O–H groups in total. The summed E-state index contributed by atoms with van der Waals surface area (Å²) in [7, 11) is 0. The summed E-state index contributed by atoms with van der Waals surface area (Å²) in [6.07, 6.45) is 3.03. The number of nitrogens with zero attached hydrogens (tertiary/aromatic N) is 1. The molecule has 0 aromatic heterocycles. The van der Waals surface area contributed by atoms with Crippen molar-refractivity contribution in [1.29, 1.82) is 0 Å². The molecule has 0 radical (unpaired) electrons. The van der Waals surface area contributed by atoms with E-state index >= 15 is 0 Å². The van der Waals surface area contributed by atoms with Gasteiger partial charge in [-0.15, -0.1) is 0 Å². The van der Waals surface area contributed by atoms with Gasteiger partial charge in [-0.25, -0.2) is 0 Å². The van der Waals surface area contributed by atoms with E-state index in [4.69, 9.17) is 28.9 Å². The Labute approximate surface area is 134 Å². The van der Waals surface area contributed by atoms with Crippen LogP contribution in [0.4, 0.5) is 11.4 Å². The van der Waals surface area contributed by atoms with Crippen molar-refractivity contribution < 1.29 is 9.90 Å². The lowest BCUT2D eigenvalue weighted by atomic mass is 10.0. The van der Waals surface area contributed by atoms with Crippen LogP contribution in [0.15, 0.2) is 12.1 Å². The topological polar surface area (TPSA) is 78.6 Å². The molecule has 21 heavy (non-hydrogen) atoms. The molecule has 1 fully saturated rings. The van der Waals surface area contributed by atoms with Crippen LogP contribution in [0.5, 0.6) is 0 Å². The van der Waals surface area contributed by atoms with Crippen molar-refractivity contribution in [3.8, 4) is 0 Å². The van der Waals surface area contributed by atoms with Crippen molar-refractivity contribution >= 4 is 40.5 Å². The van der Waals surface area contributed by atoms with Gasteiger partial charge in [-0.3, -0.25) is 9.69 Å². The second-order valence-electron chi connectivity index (χ2n) is 5.21. The predicted molar refractivity (Wildman–Crippen MR) is 85.8 cm³/mol. The molecule has 1 atom stereocenters. The lowest BCUT2D eigenvalue weighted by Gasteiger charge is -2.33. The molecular formula is C14H19Cl2N3O2. The van der Waals surface area contributed by atoms with E-state index in [0.717, 1.165) is 25.8 Å². The highest BCUT2D eigenvalue weighted by molar-refractivity contribution is 6.40. The maximum Gasteiger partial charge on any atom is 0.238 e. The average molecular weight is 332 g/mol. The summed E-state index contributed by atoms with van der Waals surface area (Å²) in [6.45, 7) is 1.08. The van der Waals surface area contributed by atoms with Gasteiger partial charge in [0.1, 0.15) is 0 Å². The maximum atomic E-state index is 12.1. The molecule has 2 rings (SSSR count). The lowest BCUT2D eigenvalue weighted by molar-refractivity contribution is -0.118. The highest BCUT2D eigenvalue weighted by Gasteiger charge is 2.24. The Morgan fingerprint density at radius 2 is 2.05 bits per heavy atom. The number of rotatable bonds is 4. The molecule has 0 spiro atoms. The van der Waals surface area contributed by atoms with Crippen molar-refractivity contribution in [2.24, 2.45) is 0 Å². The number of piperidine rings is 1. The summed E-state index contributed by atoms with van der Waals surface area (Å²) < 4.78 is 0. The Bertz CT molecular complexity index is 502. The molecule has 0 bridgehead atoms. The van der Waals surface area contributed by atoms with E-state index in [2.05, 4.69) is 5.32 Å². The second-order valence-corrected chi connectivity index (χ2v) is 6.02. The number of nitrogens with two attached hydrogens (primary N) is 1. The maximum absolute atomic E-state index is 12.1. The Morgan fingerprint density at radius 3 is 2.67 bits per heavy atom. The first kappa shape index (κ1) is 16.4. The third-order valence-electron chi connectivity index (χ3n) is 3.64. The fourth-order valence-corrected chi connectivity index (χ4v) is 3.15. The lowest BCUT2D eigenvalue weighted by Crippen LogP contribution is -2.45. The van der Waals surface area contributed by atoms with Gasteiger partial charge in [0.25, 0.3) is 0 Å². The minimum Gasteiger partial charge on any atom is -0.399 e. The van der Waals surface area contributed by atoms with Crippen LogP contribution in [0.25, 0.3) is 0 Å². The Balaban J connectivity index is 2.01. The van der Waals surface area contributed by atoms with Crippen molar-refractivity contribution in [2.75, 3.05) is 30.7 Å². The predicted octanol–water partition coefficient (Wildman–Crippen LogP) is 2.36. The van der Waals surface area contributed by atoms with Gasteiger partial charge in [0.2, 0.25) is 5.91 Å². The molecule has 0 aliphatic carbocycles. The van der Waals surface area contributed by atoms with E-state index in [1.807, 2.05) is 4.90 Å². The van der Waals surface area contributed by atoms with E-state index in [1.165, 1.54) is 0 Å².